The zero-order valence-corrected chi connectivity index (χ0v) is 7.62. The molecular formula is C10H12NO2. The molecule has 0 aliphatic heterocycles. The Hall–Kier alpha value is -1.38. The molecule has 0 atom stereocenters. The number of ether oxygens (including phenoxy) is 1. The van der Waals surface area contributed by atoms with Crippen LogP contribution in [0.5, 0.6) is 0 Å². The van der Waals surface area contributed by atoms with Crippen LogP contribution in [0.4, 0.5) is 0 Å². The standard InChI is InChI=1S/C10H12NO2/c1-3-7-13-10(12)9-8(2)5-4-6-11-9/h4-6H,2-3,7H2,1H3. The summed E-state index contributed by atoms with van der Waals surface area (Å²) in [5.74, 6) is -0.396. The lowest BCUT2D eigenvalue weighted by atomic mass is 10.2. The molecule has 0 amide bonds. The van der Waals surface area contributed by atoms with Crippen molar-refractivity contribution in [3.05, 3.63) is 36.5 Å². The van der Waals surface area contributed by atoms with Gasteiger partial charge in [-0.05, 0) is 25.0 Å². The van der Waals surface area contributed by atoms with Crippen molar-refractivity contribution in [1.82, 2.24) is 4.98 Å². The highest BCUT2D eigenvalue weighted by Crippen LogP contribution is 2.04. The summed E-state index contributed by atoms with van der Waals surface area (Å²) >= 11 is 0. The number of carbonyl (C=O) groups is 1. The first kappa shape index (κ1) is 9.71. The van der Waals surface area contributed by atoms with Crippen LogP contribution in [0.3, 0.4) is 0 Å². The lowest BCUT2D eigenvalue weighted by Gasteiger charge is -2.03. The van der Waals surface area contributed by atoms with E-state index in [1.54, 1.807) is 18.3 Å². The van der Waals surface area contributed by atoms with Gasteiger partial charge in [-0.1, -0.05) is 13.0 Å². The molecule has 0 saturated heterocycles. The highest BCUT2D eigenvalue weighted by molar-refractivity contribution is 5.89. The SMILES string of the molecule is [CH2]c1cccnc1C(=O)OCCC. The third-order valence-electron chi connectivity index (χ3n) is 1.52. The summed E-state index contributed by atoms with van der Waals surface area (Å²) in [7, 11) is 0. The van der Waals surface area contributed by atoms with E-state index in [-0.39, 0.29) is 0 Å². The van der Waals surface area contributed by atoms with Crippen molar-refractivity contribution in [3.63, 3.8) is 0 Å². The second-order valence-electron chi connectivity index (χ2n) is 2.65. The van der Waals surface area contributed by atoms with Crippen LogP contribution in [0.25, 0.3) is 0 Å². The van der Waals surface area contributed by atoms with E-state index in [0.29, 0.717) is 17.9 Å². The molecule has 0 aromatic carbocycles. The molecule has 0 bridgehead atoms. The second kappa shape index (κ2) is 4.60. The van der Waals surface area contributed by atoms with Crippen molar-refractivity contribution in [2.45, 2.75) is 13.3 Å². The van der Waals surface area contributed by atoms with Crippen LogP contribution in [-0.2, 0) is 4.74 Å². The van der Waals surface area contributed by atoms with Gasteiger partial charge in [-0.25, -0.2) is 9.78 Å². The summed E-state index contributed by atoms with van der Waals surface area (Å²) in [6.45, 7) is 6.05. The Balaban J connectivity index is 2.71. The molecule has 13 heavy (non-hydrogen) atoms. The average Bonchev–Trinajstić information content (AvgIpc) is 2.15. The fourth-order valence-electron chi connectivity index (χ4n) is 0.886. The molecule has 1 heterocycles. The van der Waals surface area contributed by atoms with Crippen molar-refractivity contribution >= 4 is 5.97 Å². The van der Waals surface area contributed by atoms with Crippen molar-refractivity contribution in [2.75, 3.05) is 6.61 Å². The Kier molecular flexibility index (Phi) is 3.43. The fourth-order valence-corrected chi connectivity index (χ4v) is 0.886. The molecule has 0 fully saturated rings. The highest BCUT2D eigenvalue weighted by Gasteiger charge is 2.10. The number of hydrogen-bond acceptors (Lipinski definition) is 3. The summed E-state index contributed by atoms with van der Waals surface area (Å²) in [6, 6.07) is 3.47. The Bertz CT molecular complexity index is 297. The Labute approximate surface area is 77.8 Å². The molecule has 0 spiro atoms. The normalized spacial score (nSPS) is 9.69. The summed E-state index contributed by atoms with van der Waals surface area (Å²) in [5.41, 5.74) is 0.902. The van der Waals surface area contributed by atoms with Gasteiger partial charge in [-0.15, -0.1) is 0 Å². The third kappa shape index (κ3) is 2.54. The van der Waals surface area contributed by atoms with E-state index in [9.17, 15) is 4.79 Å². The van der Waals surface area contributed by atoms with Gasteiger partial charge >= 0.3 is 5.97 Å². The predicted octanol–water partition coefficient (Wildman–Crippen LogP) is 1.83. The van der Waals surface area contributed by atoms with Gasteiger partial charge in [0.05, 0.1) is 6.61 Å². The van der Waals surface area contributed by atoms with Gasteiger partial charge in [0, 0.05) is 6.20 Å². The molecule has 0 aliphatic rings. The number of esters is 1. The van der Waals surface area contributed by atoms with Crippen LogP contribution in [-0.4, -0.2) is 17.6 Å². The Morgan fingerprint density at radius 2 is 2.46 bits per heavy atom. The summed E-state index contributed by atoms with van der Waals surface area (Å²) in [6.07, 6.45) is 2.36. The zero-order valence-electron chi connectivity index (χ0n) is 7.62. The van der Waals surface area contributed by atoms with Gasteiger partial charge < -0.3 is 4.74 Å². The first-order valence-corrected chi connectivity index (χ1v) is 4.19. The van der Waals surface area contributed by atoms with Gasteiger partial charge in [0.25, 0.3) is 0 Å². The molecule has 0 N–H and O–H groups in total. The molecule has 1 aromatic heterocycles. The maximum atomic E-state index is 11.3. The lowest BCUT2D eigenvalue weighted by molar-refractivity contribution is 0.0497. The first-order valence-electron chi connectivity index (χ1n) is 4.19. The number of nitrogens with zero attached hydrogens (tertiary/aromatic N) is 1. The highest BCUT2D eigenvalue weighted by atomic mass is 16.5. The van der Waals surface area contributed by atoms with Gasteiger partial charge in [0.2, 0.25) is 0 Å². The molecule has 3 nitrogen and oxygen atoms in total. The minimum atomic E-state index is -0.396. The molecule has 0 unspecified atom stereocenters. The van der Waals surface area contributed by atoms with Gasteiger partial charge in [0.15, 0.2) is 5.69 Å². The number of hydrogen-bond donors (Lipinski definition) is 0. The predicted molar refractivity (Wildman–Crippen MR) is 49.3 cm³/mol. The molecule has 3 heteroatoms. The topological polar surface area (TPSA) is 39.2 Å². The van der Waals surface area contributed by atoms with Crippen molar-refractivity contribution in [3.8, 4) is 0 Å². The van der Waals surface area contributed by atoms with Crippen LogP contribution < -0.4 is 0 Å². The largest absolute Gasteiger partial charge is 0.461 e. The van der Waals surface area contributed by atoms with E-state index in [4.69, 9.17) is 4.74 Å². The van der Waals surface area contributed by atoms with Crippen molar-refractivity contribution < 1.29 is 9.53 Å². The maximum Gasteiger partial charge on any atom is 0.357 e. The molecule has 1 aromatic rings. The van der Waals surface area contributed by atoms with Gasteiger partial charge in [0.1, 0.15) is 0 Å². The molecule has 0 aliphatic carbocycles. The molecule has 1 radical (unpaired) electrons. The number of aromatic nitrogens is 1. The number of carbonyl (C=O) groups excluding carboxylic acids is 1. The monoisotopic (exact) mass is 178 g/mol. The lowest BCUT2D eigenvalue weighted by Crippen LogP contribution is -2.09. The Morgan fingerprint density at radius 1 is 1.69 bits per heavy atom. The van der Waals surface area contributed by atoms with Crippen LogP contribution in [0.1, 0.15) is 29.4 Å². The summed E-state index contributed by atoms with van der Waals surface area (Å²) in [4.78, 5) is 15.2. The van der Waals surface area contributed by atoms with E-state index >= 15 is 0 Å². The quantitative estimate of drug-likeness (QED) is 0.663. The fraction of sp³-hybridized carbons (Fsp3) is 0.300. The maximum absolute atomic E-state index is 11.3. The first-order chi connectivity index (χ1) is 6.25. The molecule has 1 rings (SSSR count). The number of pyridine rings is 1. The van der Waals surface area contributed by atoms with Gasteiger partial charge in [-0.3, -0.25) is 0 Å². The van der Waals surface area contributed by atoms with Gasteiger partial charge in [-0.2, -0.15) is 0 Å². The van der Waals surface area contributed by atoms with E-state index in [0.717, 1.165) is 6.42 Å². The molecular weight excluding hydrogens is 166 g/mol. The third-order valence-corrected chi connectivity index (χ3v) is 1.52. The minimum Gasteiger partial charge on any atom is -0.461 e. The Morgan fingerprint density at radius 3 is 3.08 bits per heavy atom. The smallest absolute Gasteiger partial charge is 0.357 e. The van der Waals surface area contributed by atoms with E-state index in [1.807, 2.05) is 6.92 Å². The van der Waals surface area contributed by atoms with Crippen LogP contribution in [0, 0.1) is 6.92 Å². The summed E-state index contributed by atoms with van der Waals surface area (Å²) in [5, 5.41) is 0. The van der Waals surface area contributed by atoms with Crippen LogP contribution in [0.15, 0.2) is 18.3 Å². The van der Waals surface area contributed by atoms with E-state index < -0.39 is 5.97 Å². The number of rotatable bonds is 3. The van der Waals surface area contributed by atoms with Crippen molar-refractivity contribution in [1.29, 1.82) is 0 Å². The van der Waals surface area contributed by atoms with E-state index in [1.165, 1.54) is 0 Å². The van der Waals surface area contributed by atoms with Crippen molar-refractivity contribution in [2.24, 2.45) is 0 Å². The average molecular weight is 178 g/mol. The molecule has 0 saturated carbocycles. The van der Waals surface area contributed by atoms with E-state index in [2.05, 4.69) is 11.9 Å². The second-order valence-corrected chi connectivity index (χ2v) is 2.65. The van der Waals surface area contributed by atoms with Crippen LogP contribution >= 0.6 is 0 Å². The van der Waals surface area contributed by atoms with Crippen LogP contribution in [0.2, 0.25) is 0 Å². The summed E-state index contributed by atoms with van der Waals surface area (Å²) < 4.78 is 4.92. The zero-order chi connectivity index (χ0) is 9.68. The minimum absolute atomic E-state index is 0.302. The molecule has 69 valence electrons.